The van der Waals surface area contributed by atoms with Gasteiger partial charge < -0.3 is 16.0 Å². The monoisotopic (exact) mass is 377 g/mol. The number of nitrogens with one attached hydrogen (secondary N) is 1. The van der Waals surface area contributed by atoms with Crippen molar-refractivity contribution in [2.45, 2.75) is 50.6 Å². The molecule has 1 saturated heterocycles. The summed E-state index contributed by atoms with van der Waals surface area (Å²) in [5, 5.41) is 3.05. The van der Waals surface area contributed by atoms with Gasteiger partial charge in [-0.1, -0.05) is 37.3 Å². The molecule has 6 heteroatoms. The molecular formula is C20H31N3O2S. The average molecular weight is 378 g/mol. The summed E-state index contributed by atoms with van der Waals surface area (Å²) in [6, 6.07) is 9.65. The molecule has 0 bridgehead atoms. The van der Waals surface area contributed by atoms with E-state index in [0.29, 0.717) is 19.5 Å². The fraction of sp³-hybridized carbons (Fsp3) is 0.600. The van der Waals surface area contributed by atoms with Crippen LogP contribution in [0.1, 0.15) is 44.1 Å². The van der Waals surface area contributed by atoms with Crippen LogP contribution in [0, 0.1) is 0 Å². The molecule has 2 amide bonds. The maximum absolute atomic E-state index is 12.9. The molecule has 0 aliphatic carbocycles. The largest absolute Gasteiger partial charge is 0.352 e. The van der Waals surface area contributed by atoms with Gasteiger partial charge in [0.25, 0.3) is 0 Å². The second kappa shape index (κ2) is 10.6. The van der Waals surface area contributed by atoms with Gasteiger partial charge in [-0.25, -0.2) is 0 Å². The van der Waals surface area contributed by atoms with Crippen molar-refractivity contribution in [2.24, 2.45) is 5.73 Å². The van der Waals surface area contributed by atoms with E-state index < -0.39 is 6.04 Å². The average Bonchev–Trinajstić information content (AvgIpc) is 2.68. The maximum atomic E-state index is 12.9. The number of piperidine rings is 1. The zero-order valence-corrected chi connectivity index (χ0v) is 16.6. The smallest absolute Gasteiger partial charge is 0.237 e. The van der Waals surface area contributed by atoms with Crippen molar-refractivity contribution < 1.29 is 9.59 Å². The summed E-state index contributed by atoms with van der Waals surface area (Å²) in [5.74, 6) is 0.932. The van der Waals surface area contributed by atoms with E-state index in [1.54, 1.807) is 11.8 Å². The van der Waals surface area contributed by atoms with Crippen LogP contribution in [0.2, 0.25) is 0 Å². The van der Waals surface area contributed by atoms with Crippen LogP contribution in [0.3, 0.4) is 0 Å². The Labute approximate surface area is 161 Å². The van der Waals surface area contributed by atoms with Crippen LogP contribution in [0.25, 0.3) is 0 Å². The van der Waals surface area contributed by atoms with E-state index in [0.717, 1.165) is 30.6 Å². The fourth-order valence-electron chi connectivity index (χ4n) is 3.39. The second-order valence-corrected chi connectivity index (χ2v) is 7.85. The number of nitrogens with two attached hydrogens (primary N) is 1. The Morgan fingerprint density at radius 1 is 1.27 bits per heavy atom. The number of amides is 2. The van der Waals surface area contributed by atoms with Crippen LogP contribution < -0.4 is 11.1 Å². The minimum absolute atomic E-state index is 0.0699. The van der Waals surface area contributed by atoms with E-state index in [2.05, 4.69) is 12.2 Å². The molecule has 26 heavy (non-hydrogen) atoms. The predicted octanol–water partition coefficient (Wildman–Crippen LogP) is 2.37. The second-order valence-electron chi connectivity index (χ2n) is 6.87. The summed E-state index contributed by atoms with van der Waals surface area (Å²) in [7, 11) is 0. The van der Waals surface area contributed by atoms with Gasteiger partial charge in [0.05, 0.1) is 12.0 Å². The fourth-order valence-corrected chi connectivity index (χ4v) is 3.88. The third kappa shape index (κ3) is 5.74. The first-order chi connectivity index (χ1) is 12.6. The number of thioether (sulfide) groups is 1. The van der Waals surface area contributed by atoms with Gasteiger partial charge >= 0.3 is 0 Å². The summed E-state index contributed by atoms with van der Waals surface area (Å²) >= 11 is 1.70. The Hall–Kier alpha value is -1.53. The highest BCUT2D eigenvalue weighted by atomic mass is 32.2. The van der Waals surface area contributed by atoms with Crippen LogP contribution in [0.15, 0.2) is 30.3 Å². The molecule has 1 aliphatic rings. The highest BCUT2D eigenvalue weighted by Gasteiger charge is 2.29. The van der Waals surface area contributed by atoms with E-state index in [1.165, 1.54) is 0 Å². The Morgan fingerprint density at radius 2 is 1.92 bits per heavy atom. The number of rotatable bonds is 8. The van der Waals surface area contributed by atoms with Gasteiger partial charge in [0.1, 0.15) is 0 Å². The number of nitrogens with zero attached hydrogens (tertiary/aromatic N) is 1. The molecule has 0 spiro atoms. The van der Waals surface area contributed by atoms with E-state index in [-0.39, 0.29) is 23.8 Å². The molecule has 2 atom stereocenters. The van der Waals surface area contributed by atoms with Crippen LogP contribution in [-0.2, 0) is 9.59 Å². The van der Waals surface area contributed by atoms with Gasteiger partial charge in [-0.2, -0.15) is 11.8 Å². The quantitative estimate of drug-likeness (QED) is 0.729. The van der Waals surface area contributed by atoms with Gasteiger partial charge in [0.2, 0.25) is 11.8 Å². The van der Waals surface area contributed by atoms with Crippen LogP contribution >= 0.6 is 11.8 Å². The van der Waals surface area contributed by atoms with Crippen molar-refractivity contribution >= 4 is 23.6 Å². The molecule has 1 unspecified atom stereocenters. The van der Waals surface area contributed by atoms with Crippen LogP contribution in [0.4, 0.5) is 0 Å². The zero-order valence-electron chi connectivity index (χ0n) is 15.8. The van der Waals surface area contributed by atoms with Crippen LogP contribution in [-0.4, -0.2) is 53.9 Å². The standard InChI is InChI=1S/C20H31N3O2S/c1-3-17(15-7-5-4-6-8-15)20(25)23-12-9-16(10-13-23)22-19(24)18(21)11-14-26-2/h4-8,16-18H,3,9-14,21H2,1-2H3,(H,22,24)/t17?,18-/m0/s1. The Morgan fingerprint density at radius 3 is 2.50 bits per heavy atom. The van der Waals surface area contributed by atoms with Gasteiger partial charge in [-0.05, 0) is 43.3 Å². The Balaban J connectivity index is 1.83. The number of hydrogen-bond donors (Lipinski definition) is 2. The van der Waals surface area contributed by atoms with E-state index >= 15 is 0 Å². The molecule has 0 aromatic heterocycles. The zero-order chi connectivity index (χ0) is 18.9. The molecule has 2 rings (SSSR count). The lowest BCUT2D eigenvalue weighted by Crippen LogP contribution is -2.51. The van der Waals surface area contributed by atoms with Crippen molar-refractivity contribution in [3.05, 3.63) is 35.9 Å². The Bertz CT molecular complexity index is 574. The maximum Gasteiger partial charge on any atom is 0.237 e. The highest BCUT2D eigenvalue weighted by molar-refractivity contribution is 7.98. The first-order valence-corrected chi connectivity index (χ1v) is 10.8. The molecule has 1 heterocycles. The molecule has 1 aromatic carbocycles. The van der Waals surface area contributed by atoms with E-state index in [4.69, 9.17) is 5.73 Å². The molecule has 1 aliphatic heterocycles. The predicted molar refractivity (Wildman–Crippen MR) is 108 cm³/mol. The number of benzene rings is 1. The lowest BCUT2D eigenvalue weighted by Gasteiger charge is -2.35. The molecule has 1 fully saturated rings. The van der Waals surface area contributed by atoms with Gasteiger partial charge in [0.15, 0.2) is 0 Å². The van der Waals surface area contributed by atoms with Crippen molar-refractivity contribution in [3.63, 3.8) is 0 Å². The summed E-state index contributed by atoms with van der Waals surface area (Å²) in [6.07, 6.45) is 5.08. The lowest BCUT2D eigenvalue weighted by molar-refractivity contribution is -0.134. The molecular weight excluding hydrogens is 346 g/mol. The summed E-state index contributed by atoms with van der Waals surface area (Å²) in [6.45, 7) is 3.43. The van der Waals surface area contributed by atoms with E-state index in [1.807, 2.05) is 41.5 Å². The summed E-state index contributed by atoms with van der Waals surface area (Å²) in [4.78, 5) is 27.0. The van der Waals surface area contributed by atoms with E-state index in [9.17, 15) is 9.59 Å². The molecule has 3 N–H and O–H groups in total. The number of carbonyl (C=O) groups excluding carboxylic acids is 2. The minimum Gasteiger partial charge on any atom is -0.352 e. The molecule has 0 saturated carbocycles. The summed E-state index contributed by atoms with van der Waals surface area (Å²) < 4.78 is 0. The normalized spacial score (nSPS) is 17.6. The first kappa shape index (κ1) is 20.8. The molecule has 5 nitrogen and oxygen atoms in total. The van der Waals surface area contributed by atoms with Crippen LogP contribution in [0.5, 0.6) is 0 Å². The van der Waals surface area contributed by atoms with Crippen molar-refractivity contribution in [3.8, 4) is 0 Å². The third-order valence-electron chi connectivity index (χ3n) is 5.03. The topological polar surface area (TPSA) is 75.4 Å². The molecule has 144 valence electrons. The molecule has 1 aromatic rings. The minimum atomic E-state index is -0.440. The van der Waals surface area contributed by atoms with Gasteiger partial charge in [-0.3, -0.25) is 9.59 Å². The number of carbonyl (C=O) groups is 2. The lowest BCUT2D eigenvalue weighted by atomic mass is 9.93. The van der Waals surface area contributed by atoms with Gasteiger partial charge in [-0.15, -0.1) is 0 Å². The highest BCUT2D eigenvalue weighted by Crippen LogP contribution is 2.24. The number of hydrogen-bond acceptors (Lipinski definition) is 4. The Kier molecular flexibility index (Phi) is 8.45. The van der Waals surface area contributed by atoms with Crippen molar-refractivity contribution in [1.82, 2.24) is 10.2 Å². The third-order valence-corrected chi connectivity index (χ3v) is 5.67. The van der Waals surface area contributed by atoms with Gasteiger partial charge in [0, 0.05) is 19.1 Å². The first-order valence-electron chi connectivity index (χ1n) is 9.45. The summed E-state index contributed by atoms with van der Waals surface area (Å²) in [5.41, 5.74) is 7.01. The van der Waals surface area contributed by atoms with Crippen molar-refractivity contribution in [2.75, 3.05) is 25.1 Å². The molecule has 0 radical (unpaired) electrons. The van der Waals surface area contributed by atoms with Crippen molar-refractivity contribution in [1.29, 1.82) is 0 Å². The SMILES string of the molecule is CCC(C(=O)N1CCC(NC(=O)[C@@H](N)CCSC)CC1)c1ccccc1. The number of likely N-dealkylation sites (tertiary alicyclic amines) is 1.